The van der Waals surface area contributed by atoms with Crippen LogP contribution in [0.4, 0.5) is 0 Å². The second kappa shape index (κ2) is 4.78. The number of carbonyl (C=O) groups is 1. The van der Waals surface area contributed by atoms with Gasteiger partial charge in [-0.1, -0.05) is 12.1 Å². The predicted molar refractivity (Wildman–Crippen MR) is 65.7 cm³/mol. The van der Waals surface area contributed by atoms with Gasteiger partial charge in [-0.25, -0.2) is 4.79 Å². The first-order chi connectivity index (χ1) is 8.22. The maximum Gasteiger partial charge on any atom is 0.337 e. The van der Waals surface area contributed by atoms with Crippen LogP contribution in [0.3, 0.4) is 0 Å². The highest BCUT2D eigenvalue weighted by Gasteiger charge is 2.09. The third-order valence-corrected chi connectivity index (χ3v) is 2.60. The molecule has 0 unspecified atom stereocenters. The van der Waals surface area contributed by atoms with Gasteiger partial charge in [0.25, 0.3) is 0 Å². The summed E-state index contributed by atoms with van der Waals surface area (Å²) in [6.07, 6.45) is 1.74. The van der Waals surface area contributed by atoms with Crippen LogP contribution < -0.4 is 0 Å². The lowest BCUT2D eigenvalue weighted by Gasteiger charge is -2.07. The molecule has 0 aliphatic rings. The van der Waals surface area contributed by atoms with E-state index in [4.69, 9.17) is 4.74 Å². The van der Waals surface area contributed by atoms with Gasteiger partial charge in [0.1, 0.15) is 0 Å². The number of aromatic nitrogens is 1. The smallest absolute Gasteiger partial charge is 0.337 e. The van der Waals surface area contributed by atoms with E-state index in [-0.39, 0.29) is 5.97 Å². The molecule has 0 aliphatic carbocycles. The fourth-order valence-electron chi connectivity index (χ4n) is 1.66. The van der Waals surface area contributed by atoms with E-state index in [1.54, 1.807) is 12.3 Å². The van der Waals surface area contributed by atoms with E-state index in [1.807, 2.05) is 37.3 Å². The third-order valence-electron chi connectivity index (χ3n) is 2.60. The topological polar surface area (TPSA) is 39.2 Å². The molecule has 0 spiro atoms. The van der Waals surface area contributed by atoms with E-state index in [1.165, 1.54) is 7.11 Å². The van der Waals surface area contributed by atoms with Crippen LogP contribution in [0.15, 0.2) is 42.6 Å². The van der Waals surface area contributed by atoms with Crippen molar-refractivity contribution in [2.24, 2.45) is 0 Å². The molecule has 86 valence electrons. The fourth-order valence-corrected chi connectivity index (χ4v) is 1.66. The van der Waals surface area contributed by atoms with Crippen molar-refractivity contribution in [3.63, 3.8) is 0 Å². The lowest BCUT2D eigenvalue weighted by Crippen LogP contribution is -2.01. The number of pyridine rings is 1. The van der Waals surface area contributed by atoms with Crippen molar-refractivity contribution < 1.29 is 9.53 Å². The highest BCUT2D eigenvalue weighted by atomic mass is 16.5. The highest BCUT2D eigenvalue weighted by Crippen LogP contribution is 2.22. The van der Waals surface area contributed by atoms with Crippen LogP contribution in [0.5, 0.6) is 0 Å². The molecule has 0 aliphatic heterocycles. The number of nitrogens with zero attached hydrogens (tertiary/aromatic N) is 1. The van der Waals surface area contributed by atoms with Gasteiger partial charge in [0, 0.05) is 11.8 Å². The molecule has 2 aromatic rings. The van der Waals surface area contributed by atoms with Gasteiger partial charge in [-0.15, -0.1) is 0 Å². The average molecular weight is 227 g/mol. The molecule has 0 fully saturated rings. The van der Waals surface area contributed by atoms with E-state index in [2.05, 4.69) is 4.98 Å². The van der Waals surface area contributed by atoms with Crippen LogP contribution in [0, 0.1) is 6.92 Å². The highest BCUT2D eigenvalue weighted by molar-refractivity contribution is 5.91. The summed E-state index contributed by atoms with van der Waals surface area (Å²) >= 11 is 0. The summed E-state index contributed by atoms with van der Waals surface area (Å²) in [6.45, 7) is 1.99. The number of hydrogen-bond donors (Lipinski definition) is 0. The first-order valence-electron chi connectivity index (χ1n) is 5.33. The Bertz CT molecular complexity index is 535. The predicted octanol–water partition coefficient (Wildman–Crippen LogP) is 2.84. The van der Waals surface area contributed by atoms with Gasteiger partial charge in [-0.3, -0.25) is 4.98 Å². The van der Waals surface area contributed by atoms with E-state index in [0.717, 1.165) is 16.8 Å². The molecule has 17 heavy (non-hydrogen) atoms. The van der Waals surface area contributed by atoms with Crippen LogP contribution in [0.2, 0.25) is 0 Å². The summed E-state index contributed by atoms with van der Waals surface area (Å²) in [5, 5.41) is 0. The van der Waals surface area contributed by atoms with Gasteiger partial charge in [-0.05, 0) is 36.8 Å². The molecule has 0 N–H and O–H groups in total. The van der Waals surface area contributed by atoms with Gasteiger partial charge in [0.2, 0.25) is 0 Å². The van der Waals surface area contributed by atoms with Crippen molar-refractivity contribution in [3.8, 4) is 11.3 Å². The zero-order chi connectivity index (χ0) is 12.3. The molecule has 0 amide bonds. The molecular weight excluding hydrogens is 214 g/mol. The minimum absolute atomic E-state index is 0.331. The number of ether oxygens (including phenoxy) is 1. The van der Waals surface area contributed by atoms with Gasteiger partial charge in [0.05, 0.1) is 18.4 Å². The lowest BCUT2D eigenvalue weighted by molar-refractivity contribution is 0.0601. The largest absolute Gasteiger partial charge is 0.465 e. The van der Waals surface area contributed by atoms with Gasteiger partial charge < -0.3 is 4.74 Å². The Kier molecular flexibility index (Phi) is 3.19. The maximum absolute atomic E-state index is 11.5. The Hall–Kier alpha value is -2.16. The molecular formula is C14H13NO2. The van der Waals surface area contributed by atoms with Crippen LogP contribution in [-0.4, -0.2) is 18.1 Å². The van der Waals surface area contributed by atoms with Gasteiger partial charge in [0.15, 0.2) is 0 Å². The third kappa shape index (κ3) is 2.33. The Morgan fingerprint density at radius 3 is 2.71 bits per heavy atom. The zero-order valence-electron chi connectivity index (χ0n) is 9.81. The van der Waals surface area contributed by atoms with E-state index in [0.29, 0.717) is 5.56 Å². The average Bonchev–Trinajstić information content (AvgIpc) is 2.39. The van der Waals surface area contributed by atoms with E-state index < -0.39 is 0 Å². The van der Waals surface area contributed by atoms with Crippen molar-refractivity contribution in [2.45, 2.75) is 6.92 Å². The number of rotatable bonds is 2. The van der Waals surface area contributed by atoms with Crippen LogP contribution in [0.25, 0.3) is 11.3 Å². The Morgan fingerprint density at radius 1 is 1.24 bits per heavy atom. The first-order valence-corrected chi connectivity index (χ1v) is 5.33. The van der Waals surface area contributed by atoms with Crippen molar-refractivity contribution in [2.75, 3.05) is 7.11 Å². The summed E-state index contributed by atoms with van der Waals surface area (Å²) in [6, 6.07) is 11.2. The second-order valence-corrected chi connectivity index (χ2v) is 3.74. The standard InChI is InChI=1S/C14H13NO2/c1-10-6-7-11(14(16)17-2)9-12(10)13-5-3-4-8-15-13/h3-9H,1-2H3. The summed E-state index contributed by atoms with van der Waals surface area (Å²) < 4.78 is 4.71. The lowest BCUT2D eigenvalue weighted by atomic mass is 10.0. The Morgan fingerprint density at radius 2 is 2.06 bits per heavy atom. The Labute approximate surface area is 100 Å². The van der Waals surface area contributed by atoms with Crippen molar-refractivity contribution in [3.05, 3.63) is 53.7 Å². The molecule has 0 radical (unpaired) electrons. The summed E-state index contributed by atoms with van der Waals surface area (Å²) in [4.78, 5) is 15.7. The molecule has 0 saturated carbocycles. The minimum atomic E-state index is -0.331. The van der Waals surface area contributed by atoms with Gasteiger partial charge in [-0.2, -0.15) is 0 Å². The molecule has 1 aromatic heterocycles. The molecule has 3 heteroatoms. The molecule has 3 nitrogen and oxygen atoms in total. The summed E-state index contributed by atoms with van der Waals surface area (Å²) in [7, 11) is 1.38. The van der Waals surface area contributed by atoms with Crippen molar-refractivity contribution in [1.82, 2.24) is 4.98 Å². The monoisotopic (exact) mass is 227 g/mol. The minimum Gasteiger partial charge on any atom is -0.465 e. The second-order valence-electron chi connectivity index (χ2n) is 3.74. The number of carbonyl (C=O) groups excluding carboxylic acids is 1. The number of hydrogen-bond acceptors (Lipinski definition) is 3. The fraction of sp³-hybridized carbons (Fsp3) is 0.143. The van der Waals surface area contributed by atoms with Crippen molar-refractivity contribution >= 4 is 5.97 Å². The molecule has 0 saturated heterocycles. The van der Waals surface area contributed by atoms with Crippen LogP contribution in [0.1, 0.15) is 15.9 Å². The molecule has 1 aromatic carbocycles. The number of esters is 1. The maximum atomic E-state index is 11.5. The normalized spacial score (nSPS) is 10.0. The van der Waals surface area contributed by atoms with E-state index >= 15 is 0 Å². The van der Waals surface area contributed by atoms with Gasteiger partial charge >= 0.3 is 5.97 Å². The first kappa shape index (κ1) is 11.3. The summed E-state index contributed by atoms with van der Waals surface area (Å²) in [5.41, 5.74) is 3.43. The Balaban J connectivity index is 2.50. The van der Waals surface area contributed by atoms with Crippen LogP contribution in [-0.2, 0) is 4.74 Å². The molecule has 0 atom stereocenters. The zero-order valence-corrected chi connectivity index (χ0v) is 9.81. The quantitative estimate of drug-likeness (QED) is 0.740. The SMILES string of the molecule is COC(=O)c1ccc(C)c(-c2ccccn2)c1. The molecule has 0 bridgehead atoms. The molecule has 1 heterocycles. The number of aryl methyl sites for hydroxylation is 1. The summed E-state index contributed by atoms with van der Waals surface area (Å²) in [5.74, 6) is -0.331. The number of benzene rings is 1. The molecule has 2 rings (SSSR count). The number of methoxy groups -OCH3 is 1. The van der Waals surface area contributed by atoms with Crippen molar-refractivity contribution in [1.29, 1.82) is 0 Å². The van der Waals surface area contributed by atoms with E-state index in [9.17, 15) is 4.79 Å². The van der Waals surface area contributed by atoms with Crippen LogP contribution >= 0.6 is 0 Å².